The average molecular weight is 267 g/mol. The van der Waals surface area contributed by atoms with Crippen LogP contribution in [0.2, 0.25) is 0 Å². The third kappa shape index (κ3) is 2.98. The van der Waals surface area contributed by atoms with E-state index in [0.29, 0.717) is 0 Å². The standard InChI is InChI=1S/C10H21NO7/c12-2-5(3-13)11-6-1-10(18,4-14)9(17)8(16)7(6)15/h5-9,11-18H,1-4H2/t6-,7-,8+,9-,10+/m0/s1. The molecule has 1 fully saturated rings. The molecule has 0 aromatic carbocycles. The van der Waals surface area contributed by atoms with Gasteiger partial charge in [0.1, 0.15) is 17.8 Å². The van der Waals surface area contributed by atoms with Crippen molar-refractivity contribution in [3.05, 3.63) is 0 Å². The van der Waals surface area contributed by atoms with Crippen molar-refractivity contribution in [3.8, 4) is 0 Å². The molecule has 8 N–H and O–H groups in total. The summed E-state index contributed by atoms with van der Waals surface area (Å²) in [5.41, 5.74) is -1.94. The fourth-order valence-electron chi connectivity index (χ4n) is 2.15. The highest BCUT2D eigenvalue weighted by Crippen LogP contribution is 2.29. The molecule has 0 bridgehead atoms. The molecule has 0 amide bonds. The van der Waals surface area contributed by atoms with E-state index in [9.17, 15) is 20.4 Å². The quantitative estimate of drug-likeness (QED) is 0.248. The van der Waals surface area contributed by atoms with E-state index in [4.69, 9.17) is 15.3 Å². The Hall–Kier alpha value is -0.320. The van der Waals surface area contributed by atoms with E-state index in [1.54, 1.807) is 0 Å². The number of aliphatic hydroxyl groups excluding tert-OH is 6. The molecular weight excluding hydrogens is 246 g/mol. The Kier molecular flexibility index (Phi) is 5.44. The van der Waals surface area contributed by atoms with Gasteiger partial charge in [-0.1, -0.05) is 0 Å². The maximum absolute atomic E-state index is 9.93. The summed E-state index contributed by atoms with van der Waals surface area (Å²) in [5.74, 6) is 0. The highest BCUT2D eigenvalue weighted by atomic mass is 16.4. The first-order chi connectivity index (χ1) is 8.39. The van der Waals surface area contributed by atoms with Crippen molar-refractivity contribution in [1.82, 2.24) is 5.32 Å². The van der Waals surface area contributed by atoms with Gasteiger partial charge in [-0.05, 0) is 6.42 Å². The third-order valence-corrected chi connectivity index (χ3v) is 3.37. The van der Waals surface area contributed by atoms with Crippen LogP contribution in [0.3, 0.4) is 0 Å². The lowest BCUT2D eigenvalue weighted by Gasteiger charge is -2.46. The van der Waals surface area contributed by atoms with Gasteiger partial charge in [0.25, 0.3) is 0 Å². The van der Waals surface area contributed by atoms with E-state index in [1.165, 1.54) is 0 Å². The van der Waals surface area contributed by atoms with Crippen LogP contribution >= 0.6 is 0 Å². The van der Waals surface area contributed by atoms with Gasteiger partial charge < -0.3 is 41.1 Å². The Balaban J connectivity index is 2.79. The zero-order valence-electron chi connectivity index (χ0n) is 9.85. The molecule has 108 valence electrons. The number of rotatable bonds is 5. The molecule has 8 nitrogen and oxygen atoms in total. The van der Waals surface area contributed by atoms with Crippen molar-refractivity contribution in [2.75, 3.05) is 19.8 Å². The van der Waals surface area contributed by atoms with E-state index < -0.39 is 55.8 Å². The summed E-state index contributed by atoms with van der Waals surface area (Å²) in [6.45, 7) is -1.56. The minimum Gasteiger partial charge on any atom is -0.395 e. The van der Waals surface area contributed by atoms with Crippen LogP contribution in [0.4, 0.5) is 0 Å². The second-order valence-electron chi connectivity index (χ2n) is 4.73. The molecule has 0 aliphatic heterocycles. The lowest BCUT2D eigenvalue weighted by atomic mass is 9.76. The molecule has 0 unspecified atom stereocenters. The smallest absolute Gasteiger partial charge is 0.118 e. The van der Waals surface area contributed by atoms with Crippen molar-refractivity contribution < 1.29 is 35.7 Å². The summed E-state index contributed by atoms with van der Waals surface area (Å²) in [7, 11) is 0. The Labute approximate surface area is 104 Å². The van der Waals surface area contributed by atoms with Crippen molar-refractivity contribution in [1.29, 1.82) is 0 Å². The summed E-state index contributed by atoms with van der Waals surface area (Å²) in [6.07, 6.45) is -4.91. The number of hydrogen-bond donors (Lipinski definition) is 8. The fraction of sp³-hybridized carbons (Fsp3) is 1.00. The molecule has 1 aliphatic rings. The molecule has 0 heterocycles. The van der Waals surface area contributed by atoms with Crippen LogP contribution in [0.25, 0.3) is 0 Å². The Morgan fingerprint density at radius 1 is 1.06 bits per heavy atom. The highest BCUT2D eigenvalue weighted by molar-refractivity contribution is 5.05. The zero-order chi connectivity index (χ0) is 13.9. The van der Waals surface area contributed by atoms with Crippen molar-refractivity contribution in [2.45, 2.75) is 42.4 Å². The summed E-state index contributed by atoms with van der Waals surface area (Å²) in [4.78, 5) is 0. The minimum absolute atomic E-state index is 0.223. The minimum atomic E-state index is -1.94. The summed E-state index contributed by atoms with van der Waals surface area (Å²) in [5, 5.41) is 68.4. The molecule has 1 saturated carbocycles. The van der Waals surface area contributed by atoms with Crippen LogP contribution in [0.1, 0.15) is 6.42 Å². The van der Waals surface area contributed by atoms with Gasteiger partial charge in [-0.3, -0.25) is 0 Å². The van der Waals surface area contributed by atoms with Gasteiger partial charge in [0.2, 0.25) is 0 Å². The SMILES string of the molecule is OCC(CO)N[C@H]1C[C@@](O)(CO)[C@@H](O)[C@H](O)[C@H]1O. The molecule has 0 aromatic heterocycles. The van der Waals surface area contributed by atoms with Crippen LogP contribution in [-0.2, 0) is 0 Å². The Morgan fingerprint density at radius 2 is 1.61 bits per heavy atom. The second kappa shape index (κ2) is 6.22. The van der Waals surface area contributed by atoms with E-state index in [2.05, 4.69) is 5.32 Å². The Morgan fingerprint density at radius 3 is 2.06 bits per heavy atom. The van der Waals surface area contributed by atoms with Crippen molar-refractivity contribution in [3.63, 3.8) is 0 Å². The molecule has 0 aromatic rings. The predicted molar refractivity (Wildman–Crippen MR) is 59.6 cm³/mol. The maximum Gasteiger partial charge on any atom is 0.118 e. The van der Waals surface area contributed by atoms with Gasteiger partial charge in [0, 0.05) is 6.04 Å². The largest absolute Gasteiger partial charge is 0.395 e. The van der Waals surface area contributed by atoms with Crippen molar-refractivity contribution >= 4 is 0 Å². The monoisotopic (exact) mass is 267 g/mol. The van der Waals surface area contributed by atoms with Gasteiger partial charge in [-0.15, -0.1) is 0 Å². The molecule has 0 spiro atoms. The second-order valence-corrected chi connectivity index (χ2v) is 4.73. The number of nitrogens with one attached hydrogen (secondary N) is 1. The first-order valence-corrected chi connectivity index (χ1v) is 5.74. The lowest BCUT2D eigenvalue weighted by Crippen LogP contribution is -2.68. The van der Waals surface area contributed by atoms with Crippen LogP contribution in [0, 0.1) is 0 Å². The lowest BCUT2D eigenvalue weighted by molar-refractivity contribution is -0.207. The topological polar surface area (TPSA) is 154 Å². The predicted octanol–water partition coefficient (Wildman–Crippen LogP) is -4.49. The van der Waals surface area contributed by atoms with Gasteiger partial charge in [0.15, 0.2) is 0 Å². The molecular formula is C10H21NO7. The van der Waals surface area contributed by atoms with Gasteiger partial charge in [-0.2, -0.15) is 0 Å². The molecule has 1 aliphatic carbocycles. The fourth-order valence-corrected chi connectivity index (χ4v) is 2.15. The normalized spacial score (nSPS) is 41.3. The average Bonchev–Trinajstić information content (AvgIpc) is 2.39. The van der Waals surface area contributed by atoms with Gasteiger partial charge in [-0.25, -0.2) is 0 Å². The van der Waals surface area contributed by atoms with Crippen LogP contribution < -0.4 is 5.32 Å². The first-order valence-electron chi connectivity index (χ1n) is 5.74. The van der Waals surface area contributed by atoms with Crippen LogP contribution in [0.15, 0.2) is 0 Å². The molecule has 18 heavy (non-hydrogen) atoms. The van der Waals surface area contributed by atoms with E-state index >= 15 is 0 Å². The zero-order valence-corrected chi connectivity index (χ0v) is 9.85. The Bertz CT molecular complexity index is 263. The summed E-state index contributed by atoms with van der Waals surface area (Å²) < 4.78 is 0. The van der Waals surface area contributed by atoms with Gasteiger partial charge >= 0.3 is 0 Å². The molecule has 5 atom stereocenters. The highest BCUT2D eigenvalue weighted by Gasteiger charge is 2.51. The molecule has 0 radical (unpaired) electrons. The summed E-state index contributed by atoms with van der Waals surface area (Å²) >= 11 is 0. The first kappa shape index (κ1) is 15.7. The maximum atomic E-state index is 9.93. The van der Waals surface area contributed by atoms with Gasteiger partial charge in [0.05, 0.1) is 32.0 Å². The van der Waals surface area contributed by atoms with Crippen LogP contribution in [0.5, 0.6) is 0 Å². The van der Waals surface area contributed by atoms with Crippen molar-refractivity contribution in [2.24, 2.45) is 0 Å². The summed E-state index contributed by atoms with van der Waals surface area (Å²) in [6, 6.07) is -1.60. The third-order valence-electron chi connectivity index (χ3n) is 3.37. The van der Waals surface area contributed by atoms with E-state index in [-0.39, 0.29) is 6.42 Å². The molecule has 8 heteroatoms. The van der Waals surface area contributed by atoms with E-state index in [1.807, 2.05) is 0 Å². The number of aliphatic hydroxyl groups is 7. The van der Waals surface area contributed by atoms with Crippen LogP contribution in [-0.4, -0.2) is 91.6 Å². The molecule has 1 rings (SSSR count). The van der Waals surface area contributed by atoms with E-state index in [0.717, 1.165) is 0 Å². The number of hydrogen-bond acceptors (Lipinski definition) is 8. The molecule has 0 saturated heterocycles.